The number of hydrogen-bond acceptors (Lipinski definition) is 6. The molecule has 1 atom stereocenters. The summed E-state index contributed by atoms with van der Waals surface area (Å²) in [5.74, 6) is 2.24. The third-order valence-electron chi connectivity index (χ3n) is 2.09. The molecular weight excluding hydrogens is 214 g/mol. The highest BCUT2D eigenvalue weighted by Crippen LogP contribution is 2.26. The highest BCUT2D eigenvalue weighted by Gasteiger charge is 2.22. The molecule has 1 unspecified atom stereocenters. The zero-order valence-electron chi connectivity index (χ0n) is 8.18. The lowest BCUT2D eigenvalue weighted by atomic mass is 10.2. The molecule has 0 N–H and O–H groups in total. The molecule has 1 saturated heterocycles. The second-order valence-electron chi connectivity index (χ2n) is 3.20. The van der Waals surface area contributed by atoms with E-state index >= 15 is 0 Å². The minimum absolute atomic E-state index is 0.00321. The van der Waals surface area contributed by atoms with E-state index < -0.39 is 0 Å². The van der Waals surface area contributed by atoms with Gasteiger partial charge in [-0.1, -0.05) is 5.16 Å². The van der Waals surface area contributed by atoms with Crippen LogP contribution in [0.2, 0.25) is 0 Å². The number of ether oxygens (including phenoxy) is 1. The molecule has 0 saturated carbocycles. The maximum Gasteiger partial charge on any atom is 0.236 e. The van der Waals surface area contributed by atoms with Gasteiger partial charge in [-0.25, -0.2) is 0 Å². The van der Waals surface area contributed by atoms with Crippen molar-refractivity contribution in [1.82, 2.24) is 10.1 Å². The second-order valence-corrected chi connectivity index (χ2v) is 4.18. The van der Waals surface area contributed by atoms with E-state index in [2.05, 4.69) is 10.1 Å². The summed E-state index contributed by atoms with van der Waals surface area (Å²) >= 11 is 1.46. The first-order valence-corrected chi connectivity index (χ1v) is 5.94. The van der Waals surface area contributed by atoms with Crippen LogP contribution in [0.25, 0.3) is 0 Å². The predicted molar refractivity (Wildman–Crippen MR) is 54.0 cm³/mol. The molecule has 1 fully saturated rings. The summed E-state index contributed by atoms with van der Waals surface area (Å²) in [5, 5.41) is 12.2. The molecule has 0 aromatic carbocycles. The fraction of sp³-hybridized carbons (Fsp3) is 0.667. The maximum atomic E-state index is 8.36. The largest absolute Gasteiger partial charge is 0.370 e. The summed E-state index contributed by atoms with van der Waals surface area (Å²) in [5.41, 5.74) is 0. The lowest BCUT2D eigenvalue weighted by Crippen LogP contribution is -1.98. The lowest BCUT2D eigenvalue weighted by molar-refractivity contribution is 0.103. The van der Waals surface area contributed by atoms with Crippen molar-refractivity contribution in [2.45, 2.75) is 24.7 Å². The van der Waals surface area contributed by atoms with Crippen LogP contribution in [0.1, 0.15) is 30.7 Å². The van der Waals surface area contributed by atoms with E-state index in [1.165, 1.54) is 11.8 Å². The normalized spacial score (nSPS) is 20.3. The Bertz CT molecular complexity index is 354. The average molecular weight is 225 g/mol. The molecule has 1 aliphatic rings. The quantitative estimate of drug-likeness (QED) is 0.726. The van der Waals surface area contributed by atoms with Crippen molar-refractivity contribution < 1.29 is 9.26 Å². The van der Waals surface area contributed by atoms with Crippen molar-refractivity contribution >= 4 is 11.8 Å². The smallest absolute Gasteiger partial charge is 0.236 e. The number of aromatic nitrogens is 2. The van der Waals surface area contributed by atoms with Crippen LogP contribution in [0.4, 0.5) is 0 Å². The number of thioether (sulfide) groups is 1. The van der Waals surface area contributed by atoms with Crippen LogP contribution in [0.3, 0.4) is 0 Å². The molecule has 0 amide bonds. The molecule has 80 valence electrons. The van der Waals surface area contributed by atoms with Crippen LogP contribution in [0.15, 0.2) is 4.52 Å². The van der Waals surface area contributed by atoms with Crippen LogP contribution >= 0.6 is 11.8 Å². The van der Waals surface area contributed by atoms with Gasteiger partial charge >= 0.3 is 0 Å². The third-order valence-corrected chi connectivity index (χ3v) is 2.88. The van der Waals surface area contributed by atoms with Crippen molar-refractivity contribution in [3.8, 4) is 6.07 Å². The van der Waals surface area contributed by atoms with Crippen LogP contribution in [-0.4, -0.2) is 22.5 Å². The van der Waals surface area contributed by atoms with Crippen molar-refractivity contribution in [2.24, 2.45) is 0 Å². The van der Waals surface area contributed by atoms with Gasteiger partial charge in [0.25, 0.3) is 0 Å². The van der Waals surface area contributed by atoms with Crippen molar-refractivity contribution in [3.05, 3.63) is 11.7 Å². The highest BCUT2D eigenvalue weighted by molar-refractivity contribution is 7.98. The van der Waals surface area contributed by atoms with Gasteiger partial charge < -0.3 is 9.26 Å². The molecule has 1 aromatic rings. The lowest BCUT2D eigenvalue weighted by Gasteiger charge is -2.00. The molecule has 15 heavy (non-hydrogen) atoms. The number of nitrogens with zero attached hydrogens (tertiary/aromatic N) is 3. The first-order chi connectivity index (χ1) is 7.40. The molecule has 5 nitrogen and oxygen atoms in total. The van der Waals surface area contributed by atoms with Gasteiger partial charge in [0.1, 0.15) is 6.10 Å². The molecule has 0 spiro atoms. The molecule has 6 heteroatoms. The molecule has 0 radical (unpaired) electrons. The van der Waals surface area contributed by atoms with Crippen molar-refractivity contribution in [1.29, 1.82) is 5.26 Å². The number of nitriles is 1. The Kier molecular flexibility index (Phi) is 3.59. The van der Waals surface area contributed by atoms with Gasteiger partial charge in [-0.05, 0) is 12.8 Å². The van der Waals surface area contributed by atoms with E-state index in [9.17, 15) is 0 Å². The minimum Gasteiger partial charge on any atom is -0.370 e. The molecule has 1 aromatic heterocycles. The number of rotatable bonds is 4. The average Bonchev–Trinajstić information content (AvgIpc) is 2.87. The fourth-order valence-electron chi connectivity index (χ4n) is 1.42. The molecule has 2 rings (SSSR count). The molecule has 2 heterocycles. The first-order valence-electron chi connectivity index (χ1n) is 4.79. The third kappa shape index (κ3) is 2.70. The van der Waals surface area contributed by atoms with E-state index in [0.29, 0.717) is 23.2 Å². The standard InChI is InChI=1S/C9H11N3O2S/c10-3-5-15-6-8-11-9(12-14-8)7-2-1-4-13-7/h7H,1-2,4-6H2. The van der Waals surface area contributed by atoms with E-state index in [0.717, 1.165) is 19.4 Å². The summed E-state index contributed by atoms with van der Waals surface area (Å²) in [7, 11) is 0. The Balaban J connectivity index is 1.89. The maximum absolute atomic E-state index is 8.36. The fourth-order valence-corrected chi connectivity index (χ4v) is 1.91. The SMILES string of the molecule is N#CCSCc1nc(C2CCCO2)no1. The second kappa shape index (κ2) is 5.14. The Morgan fingerprint density at radius 2 is 2.53 bits per heavy atom. The van der Waals surface area contributed by atoms with E-state index in [4.69, 9.17) is 14.5 Å². The topological polar surface area (TPSA) is 71.9 Å². The summed E-state index contributed by atoms with van der Waals surface area (Å²) in [6.45, 7) is 0.776. The molecule has 0 aliphatic carbocycles. The van der Waals surface area contributed by atoms with Gasteiger partial charge in [-0.3, -0.25) is 0 Å². The van der Waals surface area contributed by atoms with E-state index in [1.54, 1.807) is 0 Å². The highest BCUT2D eigenvalue weighted by atomic mass is 32.2. The first kappa shape index (κ1) is 10.5. The van der Waals surface area contributed by atoms with Crippen LogP contribution in [-0.2, 0) is 10.5 Å². The summed E-state index contributed by atoms with van der Waals surface area (Å²) in [6, 6.07) is 2.05. The van der Waals surface area contributed by atoms with Gasteiger partial charge in [0.05, 0.1) is 17.6 Å². The van der Waals surface area contributed by atoms with Gasteiger partial charge in [0.15, 0.2) is 0 Å². The van der Waals surface area contributed by atoms with Gasteiger partial charge in [0, 0.05) is 6.61 Å². The summed E-state index contributed by atoms with van der Waals surface area (Å²) in [6.07, 6.45) is 2.02. The van der Waals surface area contributed by atoms with Crippen LogP contribution in [0.5, 0.6) is 0 Å². The van der Waals surface area contributed by atoms with Crippen LogP contribution < -0.4 is 0 Å². The predicted octanol–water partition coefficient (Wildman–Crippen LogP) is 1.68. The monoisotopic (exact) mass is 225 g/mol. The Morgan fingerprint density at radius 1 is 1.60 bits per heavy atom. The van der Waals surface area contributed by atoms with Crippen LogP contribution in [0, 0.1) is 11.3 Å². The van der Waals surface area contributed by atoms with Gasteiger partial charge in [0.2, 0.25) is 11.7 Å². The van der Waals surface area contributed by atoms with Crippen molar-refractivity contribution in [2.75, 3.05) is 12.4 Å². The number of hydrogen-bond donors (Lipinski definition) is 0. The summed E-state index contributed by atoms with van der Waals surface area (Å²) < 4.78 is 10.5. The Labute approximate surface area is 91.8 Å². The van der Waals surface area contributed by atoms with Gasteiger partial charge in [-0.2, -0.15) is 10.2 Å². The Hall–Kier alpha value is -1.06. The van der Waals surface area contributed by atoms with E-state index in [-0.39, 0.29) is 6.10 Å². The zero-order valence-corrected chi connectivity index (χ0v) is 9.00. The Morgan fingerprint density at radius 3 is 3.27 bits per heavy atom. The molecule has 0 bridgehead atoms. The zero-order chi connectivity index (χ0) is 10.5. The van der Waals surface area contributed by atoms with Gasteiger partial charge in [-0.15, -0.1) is 11.8 Å². The summed E-state index contributed by atoms with van der Waals surface area (Å²) in [4.78, 5) is 4.23. The minimum atomic E-state index is 0.00321. The molecular formula is C9H11N3O2S. The van der Waals surface area contributed by atoms with Crippen molar-refractivity contribution in [3.63, 3.8) is 0 Å². The molecule has 1 aliphatic heterocycles. The van der Waals surface area contributed by atoms with E-state index in [1.807, 2.05) is 6.07 Å².